The number of para-hydroxylation sites is 1. The van der Waals surface area contributed by atoms with E-state index < -0.39 is 34.5 Å². The minimum atomic E-state index is -0.758. The lowest BCUT2D eigenvalue weighted by Gasteiger charge is -2.31. The fourth-order valence-electron chi connectivity index (χ4n) is 5.51. The molecular formula is C23H19Br2N3O5. The molecule has 2 aromatic rings. The third kappa shape index (κ3) is 3.42. The van der Waals surface area contributed by atoms with Gasteiger partial charge in [-0.05, 0) is 29.9 Å². The summed E-state index contributed by atoms with van der Waals surface area (Å²) in [7, 11) is 0. The number of nitro benzene ring substituents is 1. The van der Waals surface area contributed by atoms with Crippen LogP contribution in [-0.2, 0) is 16.1 Å². The molecule has 5 rings (SSSR count). The van der Waals surface area contributed by atoms with Gasteiger partial charge in [0.25, 0.3) is 23.4 Å². The first-order valence-electron chi connectivity index (χ1n) is 10.6. The number of amides is 3. The van der Waals surface area contributed by atoms with Gasteiger partial charge in [0, 0.05) is 15.7 Å². The Kier molecular flexibility index (Phi) is 5.60. The van der Waals surface area contributed by atoms with Crippen molar-refractivity contribution in [3.05, 3.63) is 75.8 Å². The maximum absolute atomic E-state index is 13.6. The van der Waals surface area contributed by atoms with Crippen molar-refractivity contribution >= 4 is 55.3 Å². The fourth-order valence-corrected chi connectivity index (χ4v) is 7.39. The van der Waals surface area contributed by atoms with Crippen molar-refractivity contribution in [2.45, 2.75) is 22.6 Å². The zero-order valence-electron chi connectivity index (χ0n) is 17.2. The molecule has 1 saturated heterocycles. The molecule has 0 radical (unpaired) electrons. The third-order valence-electron chi connectivity index (χ3n) is 6.95. The normalized spacial score (nSPS) is 29.9. The van der Waals surface area contributed by atoms with Gasteiger partial charge in [-0.2, -0.15) is 5.01 Å². The van der Waals surface area contributed by atoms with E-state index in [1.165, 1.54) is 24.3 Å². The zero-order chi connectivity index (χ0) is 23.4. The molecule has 170 valence electrons. The number of alkyl halides is 2. The maximum atomic E-state index is 13.6. The van der Waals surface area contributed by atoms with E-state index in [2.05, 4.69) is 31.9 Å². The molecule has 2 aromatic carbocycles. The largest absolute Gasteiger partial charge is 0.282 e. The number of rotatable bonds is 5. The molecule has 0 spiro atoms. The molecule has 8 nitrogen and oxygen atoms in total. The molecule has 3 aliphatic rings. The molecule has 2 saturated carbocycles. The van der Waals surface area contributed by atoms with E-state index in [1.54, 1.807) is 24.3 Å². The van der Waals surface area contributed by atoms with Gasteiger partial charge in [0.2, 0.25) is 0 Å². The third-order valence-corrected chi connectivity index (χ3v) is 10.2. The van der Waals surface area contributed by atoms with Gasteiger partial charge < -0.3 is 0 Å². The summed E-state index contributed by atoms with van der Waals surface area (Å²) in [6.45, 7) is -0.0620. The SMILES string of the molecule is O=C(c1ccccc1[N+](=O)[O-])N(Cc1ccccc1)N1C(=O)[C@@H]2[C@H]3C[C@@H]([C@H](Br)[C@H]3Br)[C@H]2C1=O. The number of nitro groups is 1. The van der Waals surface area contributed by atoms with Gasteiger partial charge in [-0.1, -0.05) is 74.3 Å². The van der Waals surface area contributed by atoms with Crippen LogP contribution in [0.4, 0.5) is 5.69 Å². The lowest BCUT2D eigenvalue weighted by atomic mass is 9.81. The van der Waals surface area contributed by atoms with Gasteiger partial charge in [0.05, 0.1) is 23.3 Å². The first-order valence-corrected chi connectivity index (χ1v) is 12.4. The molecule has 0 N–H and O–H groups in total. The number of imide groups is 1. The van der Waals surface area contributed by atoms with Gasteiger partial charge in [0.15, 0.2) is 0 Å². The number of carbonyl (C=O) groups is 3. The monoisotopic (exact) mass is 575 g/mol. The van der Waals surface area contributed by atoms with Crippen LogP contribution in [0.5, 0.6) is 0 Å². The van der Waals surface area contributed by atoms with Crippen LogP contribution in [0, 0.1) is 33.8 Å². The standard InChI is InChI=1S/C23H19Br2N3O5/c24-19-14-10-15(20(19)25)18-17(14)22(30)27(23(18)31)26(11-12-6-2-1-3-7-12)21(29)13-8-4-5-9-16(13)28(32)33/h1-9,14-15,17-20H,10-11H2/t14-,15-,17-,18-,19+,20+/m1/s1. The summed E-state index contributed by atoms with van der Waals surface area (Å²) in [6, 6.07) is 14.5. The summed E-state index contributed by atoms with van der Waals surface area (Å²) in [4.78, 5) is 51.8. The van der Waals surface area contributed by atoms with E-state index in [4.69, 9.17) is 0 Å². The number of carbonyl (C=O) groups excluding carboxylic acids is 3. The van der Waals surface area contributed by atoms with Crippen molar-refractivity contribution in [3.63, 3.8) is 0 Å². The van der Waals surface area contributed by atoms with Crippen LogP contribution in [0.15, 0.2) is 54.6 Å². The van der Waals surface area contributed by atoms with E-state index in [-0.39, 0.29) is 39.3 Å². The van der Waals surface area contributed by atoms with Crippen LogP contribution in [0.25, 0.3) is 0 Å². The van der Waals surface area contributed by atoms with E-state index in [0.29, 0.717) is 5.56 Å². The smallest absolute Gasteiger partial charge is 0.272 e. The Morgan fingerprint density at radius 1 is 0.970 bits per heavy atom. The summed E-state index contributed by atoms with van der Waals surface area (Å²) < 4.78 is 0. The van der Waals surface area contributed by atoms with Gasteiger partial charge >= 0.3 is 0 Å². The van der Waals surface area contributed by atoms with Crippen LogP contribution in [-0.4, -0.2) is 42.3 Å². The second-order valence-electron chi connectivity index (χ2n) is 8.61. The van der Waals surface area contributed by atoms with Gasteiger partial charge in [-0.3, -0.25) is 24.5 Å². The van der Waals surface area contributed by atoms with Crippen molar-refractivity contribution < 1.29 is 19.3 Å². The van der Waals surface area contributed by atoms with Crippen LogP contribution >= 0.6 is 31.9 Å². The molecule has 1 aliphatic heterocycles. The lowest BCUT2D eigenvalue weighted by Crippen LogP contribution is -2.50. The average Bonchev–Trinajstić information content (AvgIpc) is 3.43. The van der Waals surface area contributed by atoms with E-state index in [1.807, 2.05) is 6.07 Å². The van der Waals surface area contributed by atoms with Gasteiger partial charge in [0.1, 0.15) is 5.56 Å². The molecule has 3 fully saturated rings. The summed E-state index contributed by atoms with van der Waals surface area (Å²) in [5, 5.41) is 13.6. The second kappa shape index (κ2) is 8.32. The number of fused-ring (bicyclic) bond motifs is 5. The summed E-state index contributed by atoms with van der Waals surface area (Å²) in [5.41, 5.74) is 0.151. The molecule has 6 atom stereocenters. The number of benzene rings is 2. The Hall–Kier alpha value is -2.59. The average molecular weight is 577 g/mol. The van der Waals surface area contributed by atoms with Gasteiger partial charge in [-0.15, -0.1) is 0 Å². The van der Waals surface area contributed by atoms with Crippen molar-refractivity contribution in [1.82, 2.24) is 10.0 Å². The van der Waals surface area contributed by atoms with Crippen molar-refractivity contribution in [1.29, 1.82) is 0 Å². The second-order valence-corrected chi connectivity index (χ2v) is 10.7. The Morgan fingerprint density at radius 3 is 2.09 bits per heavy atom. The summed E-state index contributed by atoms with van der Waals surface area (Å²) in [5.74, 6) is -2.61. The van der Waals surface area contributed by atoms with E-state index >= 15 is 0 Å². The summed E-state index contributed by atoms with van der Waals surface area (Å²) in [6.07, 6.45) is 0.767. The molecule has 2 bridgehead atoms. The number of hydrazine groups is 1. The highest BCUT2D eigenvalue weighted by molar-refractivity contribution is 9.12. The minimum absolute atomic E-state index is 0.00874. The van der Waals surface area contributed by atoms with Crippen molar-refractivity contribution in [3.8, 4) is 0 Å². The molecule has 3 amide bonds. The molecule has 0 unspecified atom stereocenters. The minimum Gasteiger partial charge on any atom is -0.272 e. The molecule has 10 heteroatoms. The van der Waals surface area contributed by atoms with Crippen LogP contribution < -0.4 is 0 Å². The molecular weight excluding hydrogens is 558 g/mol. The van der Waals surface area contributed by atoms with Crippen LogP contribution in [0.1, 0.15) is 22.3 Å². The number of nitrogens with zero attached hydrogens (tertiary/aromatic N) is 3. The predicted octanol–water partition coefficient (Wildman–Crippen LogP) is 3.93. The first-order chi connectivity index (χ1) is 15.8. The quantitative estimate of drug-likeness (QED) is 0.232. The van der Waals surface area contributed by atoms with Crippen molar-refractivity contribution in [2.24, 2.45) is 23.7 Å². The number of hydrogen-bond acceptors (Lipinski definition) is 5. The topological polar surface area (TPSA) is 101 Å². The predicted molar refractivity (Wildman–Crippen MR) is 125 cm³/mol. The zero-order valence-corrected chi connectivity index (χ0v) is 20.4. The Balaban J connectivity index is 1.56. The number of halogens is 2. The van der Waals surface area contributed by atoms with E-state index in [0.717, 1.165) is 16.4 Å². The molecule has 33 heavy (non-hydrogen) atoms. The number of hydrogen-bond donors (Lipinski definition) is 0. The summed E-state index contributed by atoms with van der Waals surface area (Å²) >= 11 is 7.32. The Bertz CT molecular complexity index is 1130. The highest BCUT2D eigenvalue weighted by Gasteiger charge is 2.67. The maximum Gasteiger partial charge on any atom is 0.282 e. The molecule has 0 aromatic heterocycles. The molecule has 2 aliphatic carbocycles. The van der Waals surface area contributed by atoms with E-state index in [9.17, 15) is 24.5 Å². The van der Waals surface area contributed by atoms with Crippen LogP contribution in [0.3, 0.4) is 0 Å². The van der Waals surface area contributed by atoms with Crippen molar-refractivity contribution in [2.75, 3.05) is 0 Å². The lowest BCUT2D eigenvalue weighted by molar-refractivity contribution is -0.385. The Morgan fingerprint density at radius 2 is 1.52 bits per heavy atom. The fraction of sp³-hybridized carbons (Fsp3) is 0.348. The highest BCUT2D eigenvalue weighted by Crippen LogP contribution is 2.60. The van der Waals surface area contributed by atoms with Gasteiger partial charge in [-0.25, -0.2) is 5.01 Å². The van der Waals surface area contributed by atoms with Crippen LogP contribution in [0.2, 0.25) is 0 Å². The first kappa shape index (κ1) is 22.2. The Labute approximate surface area is 206 Å². The highest BCUT2D eigenvalue weighted by atomic mass is 79.9. The molecule has 1 heterocycles.